The lowest BCUT2D eigenvalue weighted by Crippen LogP contribution is -2.26. The lowest BCUT2D eigenvalue weighted by Gasteiger charge is -2.08. The van der Waals surface area contributed by atoms with Crippen molar-refractivity contribution in [2.24, 2.45) is 5.73 Å². The molecule has 0 atom stereocenters. The smallest absolute Gasteiger partial charge is 0.215 e. The van der Waals surface area contributed by atoms with Crippen LogP contribution in [-0.4, -0.2) is 26.5 Å². The highest BCUT2D eigenvalue weighted by atomic mass is 32.2. The number of rotatable bonds is 7. The van der Waals surface area contributed by atoms with E-state index in [2.05, 4.69) is 9.71 Å². The minimum atomic E-state index is -3.34. The van der Waals surface area contributed by atoms with Crippen LogP contribution in [-0.2, 0) is 15.8 Å². The molecule has 1 heterocycles. The van der Waals surface area contributed by atoms with Gasteiger partial charge in [0.25, 0.3) is 0 Å². The minimum absolute atomic E-state index is 0.0516. The summed E-state index contributed by atoms with van der Waals surface area (Å²) in [5.74, 6) is -0.0516. The Morgan fingerprint density at radius 3 is 2.75 bits per heavy atom. The van der Waals surface area contributed by atoms with Gasteiger partial charge in [-0.25, -0.2) is 13.1 Å². The normalized spacial score (nSPS) is 11.8. The molecular formula is C14H19N3O2S. The number of hydrogen-bond acceptors (Lipinski definition) is 4. The van der Waals surface area contributed by atoms with Gasteiger partial charge in [0.1, 0.15) is 0 Å². The number of fused-ring (bicyclic) bond motifs is 1. The second kappa shape index (κ2) is 6.78. The van der Waals surface area contributed by atoms with Crippen LogP contribution in [0.2, 0.25) is 0 Å². The summed E-state index contributed by atoms with van der Waals surface area (Å²) < 4.78 is 26.7. The first-order valence-corrected chi connectivity index (χ1v) is 8.27. The van der Waals surface area contributed by atoms with Gasteiger partial charge in [0, 0.05) is 18.1 Å². The molecule has 0 unspecified atom stereocenters. The zero-order valence-electron chi connectivity index (χ0n) is 11.2. The van der Waals surface area contributed by atoms with E-state index in [0.717, 1.165) is 29.3 Å². The molecule has 0 aliphatic heterocycles. The average Bonchev–Trinajstić information content (AvgIpc) is 2.44. The van der Waals surface area contributed by atoms with Crippen molar-refractivity contribution < 1.29 is 8.42 Å². The molecule has 1 aromatic carbocycles. The molecule has 0 aliphatic rings. The van der Waals surface area contributed by atoms with Crippen LogP contribution in [0.25, 0.3) is 10.9 Å². The summed E-state index contributed by atoms with van der Waals surface area (Å²) >= 11 is 0. The predicted molar refractivity (Wildman–Crippen MR) is 80.7 cm³/mol. The van der Waals surface area contributed by atoms with Gasteiger partial charge in [-0.1, -0.05) is 24.3 Å². The number of nitrogens with zero attached hydrogens (tertiary/aromatic N) is 1. The van der Waals surface area contributed by atoms with Crippen molar-refractivity contribution >= 4 is 20.9 Å². The van der Waals surface area contributed by atoms with Gasteiger partial charge < -0.3 is 5.73 Å². The summed E-state index contributed by atoms with van der Waals surface area (Å²) in [6.45, 7) is 1.01. The molecule has 0 aliphatic carbocycles. The molecule has 0 spiro atoms. The second-order valence-corrected chi connectivity index (χ2v) is 6.45. The zero-order valence-corrected chi connectivity index (χ0v) is 12.1. The summed E-state index contributed by atoms with van der Waals surface area (Å²) in [5, 5.41) is 0.948. The largest absolute Gasteiger partial charge is 0.330 e. The van der Waals surface area contributed by atoms with Crippen molar-refractivity contribution in [3.63, 3.8) is 0 Å². The predicted octanol–water partition coefficient (Wildman–Crippen LogP) is 1.39. The molecule has 3 N–H and O–H groups in total. The van der Waals surface area contributed by atoms with Gasteiger partial charge in [-0.15, -0.1) is 0 Å². The highest BCUT2D eigenvalue weighted by Crippen LogP contribution is 2.17. The quantitative estimate of drug-likeness (QED) is 0.756. The molecule has 6 heteroatoms. The van der Waals surface area contributed by atoms with Crippen LogP contribution in [0.3, 0.4) is 0 Å². The standard InChI is InChI=1S/C14H19N3O2S/c15-8-1-2-10-17-20(18,19)11-13-6-3-5-12-7-4-9-16-14(12)13/h3-7,9,17H,1-2,8,10-11,15H2. The third-order valence-electron chi connectivity index (χ3n) is 3.01. The Labute approximate surface area is 119 Å². The van der Waals surface area contributed by atoms with Crippen molar-refractivity contribution in [3.8, 4) is 0 Å². The number of pyridine rings is 1. The molecule has 1 aromatic heterocycles. The third-order valence-corrected chi connectivity index (χ3v) is 4.35. The van der Waals surface area contributed by atoms with Gasteiger partial charge in [0.2, 0.25) is 10.0 Å². The van der Waals surface area contributed by atoms with Crippen molar-refractivity contribution in [1.29, 1.82) is 0 Å². The second-order valence-electron chi connectivity index (χ2n) is 4.64. The van der Waals surface area contributed by atoms with E-state index in [-0.39, 0.29) is 5.75 Å². The number of para-hydroxylation sites is 1. The molecule has 2 rings (SSSR count). The average molecular weight is 293 g/mol. The fourth-order valence-electron chi connectivity index (χ4n) is 2.04. The van der Waals surface area contributed by atoms with Crippen molar-refractivity contribution in [2.75, 3.05) is 13.1 Å². The van der Waals surface area contributed by atoms with Crippen LogP contribution < -0.4 is 10.5 Å². The summed E-state index contributed by atoms with van der Waals surface area (Å²) in [6.07, 6.45) is 3.25. The summed E-state index contributed by atoms with van der Waals surface area (Å²) in [7, 11) is -3.34. The monoisotopic (exact) mass is 293 g/mol. The number of hydrogen-bond donors (Lipinski definition) is 2. The maximum absolute atomic E-state index is 12.0. The lowest BCUT2D eigenvalue weighted by atomic mass is 10.1. The van der Waals surface area contributed by atoms with E-state index in [1.807, 2.05) is 24.3 Å². The van der Waals surface area contributed by atoms with E-state index in [9.17, 15) is 8.42 Å². The Balaban J connectivity index is 2.11. The van der Waals surface area contributed by atoms with Crippen molar-refractivity contribution in [2.45, 2.75) is 18.6 Å². The molecule has 0 saturated heterocycles. The molecule has 0 bridgehead atoms. The Hall–Kier alpha value is -1.50. The van der Waals surface area contributed by atoms with Gasteiger partial charge in [0.05, 0.1) is 11.3 Å². The van der Waals surface area contributed by atoms with Crippen LogP contribution in [0.4, 0.5) is 0 Å². The minimum Gasteiger partial charge on any atom is -0.330 e. The van der Waals surface area contributed by atoms with E-state index in [4.69, 9.17) is 5.73 Å². The first-order valence-electron chi connectivity index (χ1n) is 6.62. The number of aromatic nitrogens is 1. The highest BCUT2D eigenvalue weighted by Gasteiger charge is 2.13. The Bertz CT molecular complexity index is 666. The summed E-state index contributed by atoms with van der Waals surface area (Å²) in [6, 6.07) is 9.34. The van der Waals surface area contributed by atoms with Crippen molar-refractivity contribution in [3.05, 3.63) is 42.1 Å². The van der Waals surface area contributed by atoms with Crippen LogP contribution in [0.15, 0.2) is 36.5 Å². The fraction of sp³-hybridized carbons (Fsp3) is 0.357. The third kappa shape index (κ3) is 4.00. The number of unbranched alkanes of at least 4 members (excludes halogenated alkanes) is 1. The van der Waals surface area contributed by atoms with E-state index in [1.165, 1.54) is 0 Å². The molecule has 0 radical (unpaired) electrons. The molecule has 20 heavy (non-hydrogen) atoms. The Kier molecular flexibility index (Phi) is 5.05. The maximum Gasteiger partial charge on any atom is 0.215 e. The fourth-order valence-corrected chi connectivity index (χ4v) is 3.24. The molecule has 5 nitrogen and oxygen atoms in total. The molecule has 0 saturated carbocycles. The number of nitrogens with one attached hydrogen (secondary N) is 1. The lowest BCUT2D eigenvalue weighted by molar-refractivity contribution is 0.576. The van der Waals surface area contributed by atoms with E-state index in [0.29, 0.717) is 13.1 Å². The van der Waals surface area contributed by atoms with Gasteiger partial charge in [-0.3, -0.25) is 4.98 Å². The number of sulfonamides is 1. The molecule has 0 amide bonds. The van der Waals surface area contributed by atoms with E-state index in [1.54, 1.807) is 12.3 Å². The maximum atomic E-state index is 12.0. The summed E-state index contributed by atoms with van der Waals surface area (Å²) in [5.41, 5.74) is 6.83. The van der Waals surface area contributed by atoms with E-state index >= 15 is 0 Å². The topological polar surface area (TPSA) is 85.1 Å². The Morgan fingerprint density at radius 2 is 1.95 bits per heavy atom. The highest BCUT2D eigenvalue weighted by molar-refractivity contribution is 7.88. The molecular weight excluding hydrogens is 274 g/mol. The Morgan fingerprint density at radius 1 is 1.15 bits per heavy atom. The molecule has 108 valence electrons. The van der Waals surface area contributed by atoms with Gasteiger partial charge >= 0.3 is 0 Å². The van der Waals surface area contributed by atoms with Crippen molar-refractivity contribution in [1.82, 2.24) is 9.71 Å². The SMILES string of the molecule is NCCCCNS(=O)(=O)Cc1cccc2cccnc12. The summed E-state index contributed by atoms with van der Waals surface area (Å²) in [4.78, 5) is 4.27. The van der Waals surface area contributed by atoms with Gasteiger partial charge in [-0.05, 0) is 31.0 Å². The van der Waals surface area contributed by atoms with Gasteiger partial charge in [-0.2, -0.15) is 0 Å². The number of nitrogens with two attached hydrogens (primary N) is 1. The number of benzene rings is 1. The van der Waals surface area contributed by atoms with Crippen LogP contribution in [0.1, 0.15) is 18.4 Å². The first kappa shape index (κ1) is 14.9. The molecule has 0 fully saturated rings. The van der Waals surface area contributed by atoms with Crippen LogP contribution >= 0.6 is 0 Å². The first-order chi connectivity index (χ1) is 9.62. The van der Waals surface area contributed by atoms with Gasteiger partial charge in [0.15, 0.2) is 0 Å². The molecule has 2 aromatic rings. The van der Waals surface area contributed by atoms with Crippen LogP contribution in [0.5, 0.6) is 0 Å². The van der Waals surface area contributed by atoms with E-state index < -0.39 is 10.0 Å². The zero-order chi connectivity index (χ0) is 14.4. The van der Waals surface area contributed by atoms with Crippen LogP contribution in [0, 0.1) is 0 Å².